The van der Waals surface area contributed by atoms with E-state index in [2.05, 4.69) is 20.9 Å². The lowest BCUT2D eigenvalue weighted by atomic mass is 10.2. The molecular formula is C14H13BrN2O3. The molecule has 0 N–H and O–H groups in total. The Hall–Kier alpha value is -1.95. The summed E-state index contributed by atoms with van der Waals surface area (Å²) in [5, 5.41) is 11.6. The van der Waals surface area contributed by atoms with Crippen LogP contribution >= 0.6 is 15.9 Å². The van der Waals surface area contributed by atoms with Crippen LogP contribution in [-0.4, -0.2) is 9.91 Å². The molecule has 0 saturated carbocycles. The lowest BCUT2D eigenvalue weighted by molar-refractivity contribution is -0.386. The topological polar surface area (TPSA) is 65.3 Å². The van der Waals surface area contributed by atoms with E-state index in [1.165, 1.54) is 6.07 Å². The Bertz CT molecular complexity index is 632. The van der Waals surface area contributed by atoms with Gasteiger partial charge in [-0.1, -0.05) is 28.1 Å². The van der Waals surface area contributed by atoms with Crippen molar-refractivity contribution in [3.05, 3.63) is 63.5 Å². The first-order chi connectivity index (χ1) is 9.61. The molecule has 0 amide bonds. The Balaban J connectivity index is 2.21. The highest BCUT2D eigenvalue weighted by Crippen LogP contribution is 2.29. The van der Waals surface area contributed by atoms with Crippen LogP contribution in [0.15, 0.2) is 36.5 Å². The zero-order valence-corrected chi connectivity index (χ0v) is 12.5. The highest BCUT2D eigenvalue weighted by molar-refractivity contribution is 9.08. The average Bonchev–Trinajstić information content (AvgIpc) is 2.46. The molecule has 0 radical (unpaired) electrons. The third-order valence-corrected chi connectivity index (χ3v) is 3.50. The van der Waals surface area contributed by atoms with E-state index in [1.807, 2.05) is 19.1 Å². The van der Waals surface area contributed by atoms with Crippen LogP contribution in [0.3, 0.4) is 0 Å². The number of aromatic nitrogens is 1. The Morgan fingerprint density at radius 1 is 1.40 bits per heavy atom. The third-order valence-electron chi connectivity index (χ3n) is 2.86. The van der Waals surface area contributed by atoms with Gasteiger partial charge >= 0.3 is 5.69 Å². The molecule has 1 heterocycles. The number of halogens is 1. The zero-order chi connectivity index (χ0) is 14.5. The molecule has 1 aromatic carbocycles. The first kappa shape index (κ1) is 14.5. The van der Waals surface area contributed by atoms with Gasteiger partial charge in [0.2, 0.25) is 0 Å². The molecule has 2 aromatic rings. The van der Waals surface area contributed by atoms with E-state index in [4.69, 9.17) is 4.74 Å². The SMILES string of the molecule is Cc1cccnc1COc1ccc(CBr)cc1[N+](=O)[O-]. The summed E-state index contributed by atoms with van der Waals surface area (Å²) in [6.45, 7) is 2.13. The second-order valence-electron chi connectivity index (χ2n) is 4.25. The molecule has 0 spiro atoms. The van der Waals surface area contributed by atoms with Crippen molar-refractivity contribution in [2.45, 2.75) is 18.9 Å². The number of nitro groups is 1. The van der Waals surface area contributed by atoms with E-state index in [0.717, 1.165) is 16.8 Å². The lowest BCUT2D eigenvalue weighted by Gasteiger charge is -2.08. The van der Waals surface area contributed by atoms with Crippen LogP contribution in [0.5, 0.6) is 5.75 Å². The fourth-order valence-corrected chi connectivity index (χ4v) is 2.08. The Morgan fingerprint density at radius 3 is 2.85 bits per heavy atom. The predicted molar refractivity (Wildman–Crippen MR) is 79.0 cm³/mol. The number of alkyl halides is 1. The number of pyridine rings is 1. The maximum atomic E-state index is 11.1. The van der Waals surface area contributed by atoms with E-state index < -0.39 is 4.92 Å². The normalized spacial score (nSPS) is 10.3. The third kappa shape index (κ3) is 3.33. The first-order valence-electron chi connectivity index (χ1n) is 5.98. The largest absolute Gasteiger partial charge is 0.480 e. The molecule has 0 unspecified atom stereocenters. The molecule has 0 aliphatic carbocycles. The van der Waals surface area contributed by atoms with Gasteiger partial charge in [0.05, 0.1) is 10.6 Å². The standard InChI is InChI=1S/C14H13BrN2O3/c1-10-3-2-6-16-12(10)9-20-14-5-4-11(8-15)7-13(14)17(18)19/h2-7H,8-9H2,1H3. The summed E-state index contributed by atoms with van der Waals surface area (Å²) in [6, 6.07) is 8.69. The Morgan fingerprint density at radius 2 is 2.20 bits per heavy atom. The number of nitrogens with zero attached hydrogens (tertiary/aromatic N) is 2. The van der Waals surface area contributed by atoms with E-state index in [1.54, 1.807) is 18.3 Å². The predicted octanol–water partition coefficient (Wildman–Crippen LogP) is 3.77. The number of hydrogen-bond acceptors (Lipinski definition) is 4. The minimum absolute atomic E-state index is 0.0319. The molecule has 0 aliphatic rings. The van der Waals surface area contributed by atoms with Crippen molar-refractivity contribution in [2.24, 2.45) is 0 Å². The van der Waals surface area contributed by atoms with Crippen LogP contribution < -0.4 is 4.74 Å². The maximum Gasteiger partial charge on any atom is 0.311 e. The Labute approximate surface area is 124 Å². The molecule has 0 saturated heterocycles. The van der Waals surface area contributed by atoms with E-state index in [9.17, 15) is 10.1 Å². The monoisotopic (exact) mass is 336 g/mol. The number of rotatable bonds is 5. The highest BCUT2D eigenvalue weighted by Gasteiger charge is 2.16. The van der Waals surface area contributed by atoms with Gasteiger partial charge in [-0.15, -0.1) is 0 Å². The van der Waals surface area contributed by atoms with Crippen LogP contribution in [0.1, 0.15) is 16.8 Å². The van der Waals surface area contributed by atoms with Gasteiger partial charge in [-0.05, 0) is 30.2 Å². The molecule has 0 bridgehead atoms. The van der Waals surface area contributed by atoms with Crippen molar-refractivity contribution in [3.8, 4) is 5.75 Å². The zero-order valence-electron chi connectivity index (χ0n) is 10.9. The maximum absolute atomic E-state index is 11.1. The molecule has 2 rings (SSSR count). The molecule has 104 valence electrons. The minimum Gasteiger partial charge on any atom is -0.480 e. The molecule has 5 nitrogen and oxygen atoms in total. The van der Waals surface area contributed by atoms with Gasteiger partial charge in [-0.2, -0.15) is 0 Å². The summed E-state index contributed by atoms with van der Waals surface area (Å²) >= 11 is 3.28. The summed E-state index contributed by atoms with van der Waals surface area (Å²) in [7, 11) is 0. The summed E-state index contributed by atoms with van der Waals surface area (Å²) < 4.78 is 5.55. The first-order valence-corrected chi connectivity index (χ1v) is 7.10. The molecule has 0 atom stereocenters. The molecule has 1 aromatic heterocycles. The van der Waals surface area contributed by atoms with Gasteiger partial charge in [0.15, 0.2) is 5.75 Å². The molecule has 6 heteroatoms. The summed E-state index contributed by atoms with van der Waals surface area (Å²) in [6.07, 6.45) is 1.67. The van der Waals surface area contributed by atoms with Crippen molar-refractivity contribution < 1.29 is 9.66 Å². The van der Waals surface area contributed by atoms with Crippen molar-refractivity contribution >= 4 is 21.6 Å². The van der Waals surface area contributed by atoms with E-state index in [0.29, 0.717) is 5.33 Å². The number of nitro benzene ring substituents is 1. The fourth-order valence-electron chi connectivity index (χ4n) is 1.73. The van der Waals surface area contributed by atoms with Crippen molar-refractivity contribution in [2.75, 3.05) is 0 Å². The number of benzene rings is 1. The smallest absolute Gasteiger partial charge is 0.311 e. The van der Waals surface area contributed by atoms with E-state index in [-0.39, 0.29) is 18.0 Å². The fraction of sp³-hybridized carbons (Fsp3) is 0.214. The summed E-state index contributed by atoms with van der Waals surface area (Å²) in [5.74, 6) is 0.254. The van der Waals surface area contributed by atoms with Gasteiger partial charge < -0.3 is 4.74 Å². The van der Waals surface area contributed by atoms with Gasteiger partial charge in [0, 0.05) is 17.6 Å². The van der Waals surface area contributed by atoms with Gasteiger partial charge in [-0.25, -0.2) is 0 Å². The van der Waals surface area contributed by atoms with Gasteiger partial charge in [0.1, 0.15) is 6.61 Å². The Kier molecular flexibility index (Phi) is 4.68. The molecular weight excluding hydrogens is 324 g/mol. The van der Waals surface area contributed by atoms with Crippen LogP contribution in [0.2, 0.25) is 0 Å². The average molecular weight is 337 g/mol. The van der Waals surface area contributed by atoms with Crippen molar-refractivity contribution in [1.82, 2.24) is 4.98 Å². The second-order valence-corrected chi connectivity index (χ2v) is 4.81. The quantitative estimate of drug-likeness (QED) is 0.473. The van der Waals surface area contributed by atoms with Gasteiger partial charge in [0.25, 0.3) is 0 Å². The molecule has 20 heavy (non-hydrogen) atoms. The van der Waals surface area contributed by atoms with Crippen molar-refractivity contribution in [3.63, 3.8) is 0 Å². The minimum atomic E-state index is -0.438. The van der Waals surface area contributed by atoms with Crippen LogP contribution in [0.25, 0.3) is 0 Å². The van der Waals surface area contributed by atoms with Crippen LogP contribution in [-0.2, 0) is 11.9 Å². The second kappa shape index (κ2) is 6.47. The van der Waals surface area contributed by atoms with Gasteiger partial charge in [-0.3, -0.25) is 15.1 Å². The summed E-state index contributed by atoms with van der Waals surface area (Å²) in [5.41, 5.74) is 2.56. The molecule has 0 fully saturated rings. The number of hydrogen-bond donors (Lipinski definition) is 0. The number of ether oxygens (including phenoxy) is 1. The number of aryl methyl sites for hydroxylation is 1. The van der Waals surface area contributed by atoms with Crippen molar-refractivity contribution in [1.29, 1.82) is 0 Å². The summed E-state index contributed by atoms with van der Waals surface area (Å²) in [4.78, 5) is 14.8. The highest BCUT2D eigenvalue weighted by atomic mass is 79.9. The van der Waals surface area contributed by atoms with Crippen LogP contribution in [0, 0.1) is 17.0 Å². The lowest BCUT2D eigenvalue weighted by Crippen LogP contribution is -2.02. The van der Waals surface area contributed by atoms with E-state index >= 15 is 0 Å². The van der Waals surface area contributed by atoms with Crippen LogP contribution in [0.4, 0.5) is 5.69 Å². The molecule has 0 aliphatic heterocycles.